The Kier molecular flexibility index (Phi) is 17.6. The molecule has 6 heterocycles. The number of nitrogens with one attached hydrogen (secondary N) is 2. The molecular formula is C41H49N9O12Pd. The van der Waals surface area contributed by atoms with Crippen molar-refractivity contribution in [3.63, 3.8) is 0 Å². The molecule has 22 heteroatoms. The van der Waals surface area contributed by atoms with Gasteiger partial charge in [-0.05, 0) is 58.8 Å². The number of hydrogen-bond acceptors (Lipinski definition) is 18. The third-order valence-electron chi connectivity index (χ3n) is 8.59. The largest absolute Gasteiger partial charge is 0.464 e. The van der Waals surface area contributed by atoms with Crippen LogP contribution >= 0.6 is 0 Å². The van der Waals surface area contributed by atoms with Crippen molar-refractivity contribution in [2.45, 2.75) is 84.4 Å². The maximum absolute atomic E-state index is 13.3. The normalized spacial score (nSPS) is 13.0. The van der Waals surface area contributed by atoms with E-state index in [0.717, 1.165) is 19.1 Å². The number of rotatable bonds is 15. The number of carbonyl (C=O) groups excluding carboxylic acids is 3. The Bertz CT molecular complexity index is 2430. The van der Waals surface area contributed by atoms with Crippen LogP contribution in [0.15, 0.2) is 88.4 Å². The van der Waals surface area contributed by atoms with Crippen molar-refractivity contribution in [2.75, 3.05) is 13.7 Å². The van der Waals surface area contributed by atoms with Crippen LogP contribution in [0.2, 0.25) is 0 Å². The molecule has 21 nitrogen and oxygen atoms in total. The van der Waals surface area contributed by atoms with E-state index in [4.69, 9.17) is 37.0 Å². The minimum absolute atomic E-state index is 0. The summed E-state index contributed by atoms with van der Waals surface area (Å²) >= 11 is 0. The monoisotopic (exact) mass is 965 g/mol. The zero-order valence-corrected chi connectivity index (χ0v) is 36.9. The summed E-state index contributed by atoms with van der Waals surface area (Å²) in [5.74, 6) is -0.589. The van der Waals surface area contributed by atoms with Gasteiger partial charge < -0.3 is 57.8 Å². The number of hydrogen-bond donors (Lipinski definition) is 3. The van der Waals surface area contributed by atoms with Crippen LogP contribution in [0.4, 0.5) is 4.79 Å². The van der Waals surface area contributed by atoms with Crippen molar-refractivity contribution >= 4 is 18.0 Å². The van der Waals surface area contributed by atoms with Gasteiger partial charge in [0.15, 0.2) is 34.2 Å². The van der Waals surface area contributed by atoms with E-state index in [0.29, 0.717) is 37.4 Å². The first-order valence-electron chi connectivity index (χ1n) is 19.4. The van der Waals surface area contributed by atoms with Gasteiger partial charge in [-0.1, -0.05) is 38.2 Å². The third kappa shape index (κ3) is 13.5. The Morgan fingerprint density at radius 2 is 1.17 bits per heavy atom. The fourth-order valence-corrected chi connectivity index (χ4v) is 5.54. The molecule has 6 aromatic rings. The second-order valence-electron chi connectivity index (χ2n) is 14.9. The summed E-state index contributed by atoms with van der Waals surface area (Å²) in [5.41, 5.74) is 6.65. The smallest absolute Gasteiger partial charge is 0.407 e. The molecule has 0 radical (unpaired) electrons. The number of nitrogens with two attached hydrogens (primary N) is 1. The van der Waals surface area contributed by atoms with Crippen LogP contribution in [-0.4, -0.2) is 72.6 Å². The van der Waals surface area contributed by atoms with Gasteiger partial charge in [-0.3, -0.25) is 4.79 Å². The molecule has 0 spiro atoms. The minimum atomic E-state index is -0.675. The fraction of sp³-hybridized carbons (Fsp3) is 0.390. The molecule has 0 bridgehead atoms. The summed E-state index contributed by atoms with van der Waals surface area (Å²) in [4.78, 5) is 62.7. The summed E-state index contributed by atoms with van der Waals surface area (Å²) in [6.45, 7) is 9.60. The Labute approximate surface area is 374 Å². The van der Waals surface area contributed by atoms with Gasteiger partial charge in [0.25, 0.3) is 5.91 Å². The van der Waals surface area contributed by atoms with E-state index in [1.54, 1.807) is 20.8 Å². The number of carbonyl (C=O) groups is 3. The van der Waals surface area contributed by atoms with E-state index in [1.807, 2.05) is 13.8 Å². The summed E-state index contributed by atoms with van der Waals surface area (Å²) in [5, 5.41) is 5.58. The van der Waals surface area contributed by atoms with Crippen LogP contribution < -0.4 is 16.4 Å². The number of esters is 1. The number of oxazole rings is 6. The quantitative estimate of drug-likeness (QED) is 0.0405. The predicted octanol–water partition coefficient (Wildman–Crippen LogP) is 6.96. The van der Waals surface area contributed by atoms with E-state index in [1.165, 1.54) is 38.4 Å². The van der Waals surface area contributed by atoms with Gasteiger partial charge in [0.2, 0.25) is 35.3 Å². The van der Waals surface area contributed by atoms with Crippen LogP contribution in [0.5, 0.6) is 0 Å². The molecule has 63 heavy (non-hydrogen) atoms. The first kappa shape index (κ1) is 49.2. The minimum Gasteiger partial charge on any atom is -0.464 e. The molecule has 2 unspecified atom stereocenters. The Hall–Kier alpha value is -6.47. The molecule has 2 amide bonds. The van der Waals surface area contributed by atoms with Gasteiger partial charge in [0, 0.05) is 27.0 Å². The Morgan fingerprint density at radius 1 is 0.698 bits per heavy atom. The van der Waals surface area contributed by atoms with Crippen molar-refractivity contribution in [3.05, 3.63) is 85.1 Å². The third-order valence-corrected chi connectivity index (χ3v) is 8.59. The average molecular weight is 966 g/mol. The van der Waals surface area contributed by atoms with Gasteiger partial charge in [0.05, 0.1) is 13.2 Å². The number of unbranched alkanes of at least 4 members (excludes halogenated alkanes) is 1. The van der Waals surface area contributed by atoms with Crippen LogP contribution in [0, 0.1) is 5.92 Å². The van der Waals surface area contributed by atoms with E-state index < -0.39 is 35.7 Å². The molecule has 0 aliphatic heterocycles. The predicted molar refractivity (Wildman–Crippen MR) is 218 cm³/mol. The number of aromatic nitrogens is 6. The van der Waals surface area contributed by atoms with E-state index in [2.05, 4.69) is 69.6 Å². The van der Waals surface area contributed by atoms with E-state index in [9.17, 15) is 14.4 Å². The molecular weight excluding hydrogens is 917 g/mol. The van der Waals surface area contributed by atoms with Crippen molar-refractivity contribution in [1.29, 1.82) is 0 Å². The van der Waals surface area contributed by atoms with Gasteiger partial charge in [-0.15, -0.1) is 0 Å². The topological polar surface area (TPSA) is 307 Å². The van der Waals surface area contributed by atoms with E-state index in [-0.39, 0.29) is 89.7 Å². The number of alkyl carbamates (subject to hydrolysis) is 1. The van der Waals surface area contributed by atoms with Gasteiger partial charge in [-0.2, -0.15) is 0 Å². The average Bonchev–Trinajstić information content (AvgIpc) is 4.09. The molecule has 0 saturated heterocycles. The van der Waals surface area contributed by atoms with Crippen molar-refractivity contribution < 1.29 is 76.3 Å². The SMILES string of the molecule is C1=CCC=CC1.COC(=O)c1coc(-c2coc(-c3coc(C(NC(=O)c4coc(-c5coc(-c6coc(C(N)CCCCNC(=O)OC(C)(C)C)n6)n5)n4)C(C)C)n3)n2)n1.O.[Pd]. The summed E-state index contributed by atoms with van der Waals surface area (Å²) in [6.07, 6.45) is 20.2. The molecule has 6 N–H and O–H groups in total. The van der Waals surface area contributed by atoms with Crippen molar-refractivity contribution in [1.82, 2.24) is 40.5 Å². The summed E-state index contributed by atoms with van der Waals surface area (Å²) in [7, 11) is 1.23. The number of methoxy groups -OCH3 is 1. The Balaban J connectivity index is 0.00000100. The first-order valence-corrected chi connectivity index (χ1v) is 19.4. The number of allylic oxidation sites excluding steroid dienone is 4. The van der Waals surface area contributed by atoms with Gasteiger partial charge >= 0.3 is 12.1 Å². The van der Waals surface area contributed by atoms with Gasteiger partial charge in [0.1, 0.15) is 49.2 Å². The molecule has 340 valence electrons. The molecule has 0 saturated carbocycles. The molecule has 1 aliphatic carbocycles. The van der Waals surface area contributed by atoms with Crippen molar-refractivity contribution in [2.24, 2.45) is 11.7 Å². The van der Waals surface area contributed by atoms with Crippen molar-refractivity contribution in [3.8, 4) is 46.3 Å². The first-order chi connectivity index (χ1) is 29.3. The fourth-order valence-electron chi connectivity index (χ4n) is 5.54. The van der Waals surface area contributed by atoms with E-state index >= 15 is 0 Å². The maximum Gasteiger partial charge on any atom is 0.407 e. The molecule has 0 fully saturated rings. The number of ether oxygens (including phenoxy) is 2. The summed E-state index contributed by atoms with van der Waals surface area (Å²) < 4.78 is 43.1. The van der Waals surface area contributed by atoms with Crippen LogP contribution in [-0.2, 0) is 29.9 Å². The molecule has 2 atom stereocenters. The molecule has 7 rings (SSSR count). The number of amides is 2. The number of nitrogens with zero attached hydrogens (tertiary/aromatic N) is 6. The van der Waals surface area contributed by atoms with Crippen LogP contribution in [0.1, 0.15) is 112 Å². The standard InChI is InChI=1S/C35H39N9O11.C6H8.H2O.Pd/c1-17(2)25(32-42-23(15-54-32)30-41-22(14-52-30)31-43-24(16-53-31)33(46)48-6)44-26(45)19-11-50-28(38-19)21-13-51-29(40-21)20-12-49-27(39-20)18(36)9-7-8-10-37-34(47)55-35(3,4)5;1-2-4-6-5-3-1;;/h11-18,25H,7-10,36H2,1-6H3,(H,37,47)(H,44,45);1-2,5-6H,3-4H2;1H2;. The molecule has 6 aromatic heterocycles. The molecule has 1 aliphatic rings. The summed E-state index contributed by atoms with van der Waals surface area (Å²) in [6, 6.07) is -1.16. The Morgan fingerprint density at radius 3 is 1.71 bits per heavy atom. The second kappa shape index (κ2) is 22.6. The maximum atomic E-state index is 13.3. The zero-order chi connectivity index (χ0) is 43.5. The second-order valence-corrected chi connectivity index (χ2v) is 14.9. The van der Waals surface area contributed by atoms with Gasteiger partial charge in [-0.25, -0.2) is 39.5 Å². The zero-order valence-electron chi connectivity index (χ0n) is 35.3. The van der Waals surface area contributed by atoms with Crippen LogP contribution in [0.3, 0.4) is 0 Å². The van der Waals surface area contributed by atoms with Crippen LogP contribution in [0.25, 0.3) is 46.3 Å². The molecule has 0 aromatic carbocycles.